The molecule has 2 nitrogen and oxygen atoms in total. The molecule has 1 aliphatic rings. The molecule has 1 aromatic carbocycles. The van der Waals surface area contributed by atoms with Crippen molar-refractivity contribution in [3.8, 4) is 0 Å². The fraction of sp³-hybridized carbons (Fsp3) is 0.467. The highest BCUT2D eigenvalue weighted by Gasteiger charge is 2.25. The van der Waals surface area contributed by atoms with Crippen LogP contribution in [0.3, 0.4) is 0 Å². The second kappa shape index (κ2) is 4.94. The van der Waals surface area contributed by atoms with E-state index in [-0.39, 0.29) is 6.04 Å². The largest absolute Gasteiger partial charge is 0.461 e. The minimum Gasteiger partial charge on any atom is -0.461 e. The highest BCUT2D eigenvalue weighted by molar-refractivity contribution is 6.31. The molecule has 2 N–H and O–H groups in total. The maximum atomic E-state index is 6.28. The van der Waals surface area contributed by atoms with E-state index >= 15 is 0 Å². The quantitative estimate of drug-likeness (QED) is 0.772. The lowest BCUT2D eigenvalue weighted by atomic mass is 9.93. The van der Waals surface area contributed by atoms with Gasteiger partial charge in [-0.2, -0.15) is 0 Å². The van der Waals surface area contributed by atoms with Crippen LogP contribution in [-0.4, -0.2) is 6.04 Å². The molecule has 3 heteroatoms. The van der Waals surface area contributed by atoms with Gasteiger partial charge in [0.15, 0.2) is 0 Å². The molecule has 1 fully saturated rings. The van der Waals surface area contributed by atoms with Crippen LogP contribution in [0, 0.1) is 0 Å². The first kappa shape index (κ1) is 12.1. The number of fused-ring (bicyclic) bond motifs is 1. The molecule has 1 saturated carbocycles. The van der Waals surface area contributed by atoms with E-state index in [0.717, 1.165) is 34.6 Å². The zero-order chi connectivity index (χ0) is 12.5. The minimum atomic E-state index is 0.225. The Morgan fingerprint density at radius 1 is 1.11 bits per heavy atom. The van der Waals surface area contributed by atoms with E-state index in [2.05, 4.69) is 6.07 Å². The molecule has 2 aromatic rings. The van der Waals surface area contributed by atoms with Gasteiger partial charge in [-0.15, -0.1) is 0 Å². The van der Waals surface area contributed by atoms with Crippen molar-refractivity contribution in [3.63, 3.8) is 0 Å². The molecule has 2 unspecified atom stereocenters. The van der Waals surface area contributed by atoms with Gasteiger partial charge < -0.3 is 10.2 Å². The van der Waals surface area contributed by atoms with Gasteiger partial charge in [0.05, 0.1) is 0 Å². The number of furan rings is 1. The average Bonchev–Trinajstić information content (AvgIpc) is 2.63. The third-order valence-electron chi connectivity index (χ3n) is 3.93. The molecule has 18 heavy (non-hydrogen) atoms. The Kier molecular flexibility index (Phi) is 3.31. The van der Waals surface area contributed by atoms with Gasteiger partial charge in [-0.25, -0.2) is 0 Å². The number of hydrogen-bond acceptors (Lipinski definition) is 2. The van der Waals surface area contributed by atoms with Crippen molar-refractivity contribution in [2.75, 3.05) is 0 Å². The first-order valence-corrected chi connectivity index (χ1v) is 7.06. The van der Waals surface area contributed by atoms with E-state index in [1.165, 1.54) is 19.3 Å². The first-order chi connectivity index (χ1) is 8.74. The van der Waals surface area contributed by atoms with Crippen molar-refractivity contribution in [2.45, 2.75) is 44.1 Å². The Bertz CT molecular complexity index is 548. The molecule has 1 heterocycles. The predicted octanol–water partition coefficient (Wildman–Crippen LogP) is 4.46. The smallest absolute Gasteiger partial charge is 0.134 e. The van der Waals surface area contributed by atoms with Crippen LogP contribution in [-0.2, 0) is 0 Å². The lowest BCUT2D eigenvalue weighted by molar-refractivity contribution is 0.417. The van der Waals surface area contributed by atoms with Crippen LogP contribution in [0.15, 0.2) is 28.7 Å². The summed E-state index contributed by atoms with van der Waals surface area (Å²) in [6, 6.07) is 8.08. The Morgan fingerprint density at radius 3 is 2.83 bits per heavy atom. The van der Waals surface area contributed by atoms with Crippen LogP contribution in [0.2, 0.25) is 5.02 Å². The Hall–Kier alpha value is -0.990. The molecular formula is C15H18ClNO. The van der Waals surface area contributed by atoms with Crippen LogP contribution >= 0.6 is 11.6 Å². The SMILES string of the molecule is NC1CCCCCC1c1cc2cc(Cl)ccc2o1. The second-order valence-electron chi connectivity index (χ2n) is 5.24. The van der Waals surface area contributed by atoms with Crippen molar-refractivity contribution in [1.29, 1.82) is 0 Å². The number of halogens is 1. The maximum Gasteiger partial charge on any atom is 0.134 e. The summed E-state index contributed by atoms with van der Waals surface area (Å²) in [4.78, 5) is 0. The predicted molar refractivity (Wildman–Crippen MR) is 75.0 cm³/mol. The minimum absolute atomic E-state index is 0.225. The van der Waals surface area contributed by atoms with Crippen LogP contribution in [0.5, 0.6) is 0 Å². The number of nitrogens with two attached hydrogens (primary N) is 1. The molecule has 0 saturated heterocycles. The molecule has 0 radical (unpaired) electrons. The monoisotopic (exact) mass is 263 g/mol. The average molecular weight is 264 g/mol. The third kappa shape index (κ3) is 2.27. The third-order valence-corrected chi connectivity index (χ3v) is 4.17. The molecule has 96 valence electrons. The fourth-order valence-corrected chi connectivity index (χ4v) is 3.09. The van der Waals surface area contributed by atoms with E-state index in [4.69, 9.17) is 21.8 Å². The summed E-state index contributed by atoms with van der Waals surface area (Å²) in [5.74, 6) is 1.39. The molecule has 0 bridgehead atoms. The molecule has 0 aliphatic heterocycles. The summed E-state index contributed by atoms with van der Waals surface area (Å²) in [6.07, 6.45) is 6.01. The number of hydrogen-bond donors (Lipinski definition) is 1. The highest BCUT2D eigenvalue weighted by atomic mass is 35.5. The standard InChI is InChI=1S/C15H18ClNO/c16-11-6-7-14-10(8-11)9-15(18-14)12-4-2-1-3-5-13(12)17/h6-9,12-13H,1-5,17H2. The number of benzene rings is 1. The summed E-state index contributed by atoms with van der Waals surface area (Å²) >= 11 is 6.00. The lowest BCUT2D eigenvalue weighted by Crippen LogP contribution is -2.26. The van der Waals surface area contributed by atoms with Gasteiger partial charge in [0, 0.05) is 22.4 Å². The highest BCUT2D eigenvalue weighted by Crippen LogP contribution is 2.34. The van der Waals surface area contributed by atoms with Gasteiger partial charge in [-0.3, -0.25) is 0 Å². The Labute approximate surface area is 112 Å². The molecule has 2 atom stereocenters. The summed E-state index contributed by atoms with van der Waals surface area (Å²) in [6.45, 7) is 0. The molecular weight excluding hydrogens is 246 g/mol. The normalized spacial score (nSPS) is 25.2. The summed E-state index contributed by atoms with van der Waals surface area (Å²) in [5, 5.41) is 1.83. The summed E-state index contributed by atoms with van der Waals surface area (Å²) in [5.41, 5.74) is 7.18. The van der Waals surface area contributed by atoms with Crippen molar-refractivity contribution < 1.29 is 4.42 Å². The van der Waals surface area contributed by atoms with Gasteiger partial charge in [-0.1, -0.05) is 30.9 Å². The van der Waals surface area contributed by atoms with Gasteiger partial charge >= 0.3 is 0 Å². The summed E-state index contributed by atoms with van der Waals surface area (Å²) in [7, 11) is 0. The van der Waals surface area contributed by atoms with E-state index in [1.54, 1.807) is 0 Å². The van der Waals surface area contributed by atoms with E-state index in [1.807, 2.05) is 18.2 Å². The van der Waals surface area contributed by atoms with Gasteiger partial charge in [0.25, 0.3) is 0 Å². The van der Waals surface area contributed by atoms with Crippen molar-refractivity contribution in [3.05, 3.63) is 35.0 Å². The molecule has 3 rings (SSSR count). The zero-order valence-corrected chi connectivity index (χ0v) is 11.1. The first-order valence-electron chi connectivity index (χ1n) is 6.68. The topological polar surface area (TPSA) is 39.2 Å². The Morgan fingerprint density at radius 2 is 1.94 bits per heavy atom. The van der Waals surface area contributed by atoms with E-state index in [0.29, 0.717) is 5.92 Å². The summed E-state index contributed by atoms with van der Waals surface area (Å²) < 4.78 is 5.95. The van der Waals surface area contributed by atoms with Crippen molar-refractivity contribution in [2.24, 2.45) is 5.73 Å². The molecule has 1 aromatic heterocycles. The van der Waals surface area contributed by atoms with Gasteiger partial charge in [0.1, 0.15) is 11.3 Å². The van der Waals surface area contributed by atoms with Crippen LogP contribution in [0.25, 0.3) is 11.0 Å². The van der Waals surface area contributed by atoms with Crippen molar-refractivity contribution in [1.82, 2.24) is 0 Å². The van der Waals surface area contributed by atoms with Crippen molar-refractivity contribution >= 4 is 22.6 Å². The maximum absolute atomic E-state index is 6.28. The number of rotatable bonds is 1. The van der Waals surface area contributed by atoms with Crippen LogP contribution in [0.1, 0.15) is 43.8 Å². The lowest BCUT2D eigenvalue weighted by Gasteiger charge is -2.18. The van der Waals surface area contributed by atoms with Crippen LogP contribution in [0.4, 0.5) is 0 Å². The molecule has 0 spiro atoms. The fourth-order valence-electron chi connectivity index (χ4n) is 2.91. The van der Waals surface area contributed by atoms with E-state index < -0.39 is 0 Å². The Balaban J connectivity index is 1.97. The molecule has 1 aliphatic carbocycles. The van der Waals surface area contributed by atoms with Gasteiger partial charge in [-0.05, 0) is 37.1 Å². The van der Waals surface area contributed by atoms with E-state index in [9.17, 15) is 0 Å². The van der Waals surface area contributed by atoms with Gasteiger partial charge in [0.2, 0.25) is 0 Å². The van der Waals surface area contributed by atoms with Crippen LogP contribution < -0.4 is 5.73 Å². The zero-order valence-electron chi connectivity index (χ0n) is 10.4. The second-order valence-corrected chi connectivity index (χ2v) is 5.68. The molecule has 0 amide bonds.